The molecule has 2 aromatic rings. The summed E-state index contributed by atoms with van der Waals surface area (Å²) in [5.41, 5.74) is 6.52. The fourth-order valence-electron chi connectivity index (χ4n) is 2.08. The zero-order chi connectivity index (χ0) is 14.1. The number of nitrogens with zero attached hydrogens (tertiary/aromatic N) is 2. The van der Waals surface area contributed by atoms with Crippen LogP contribution in [0.2, 0.25) is 0 Å². The molecule has 1 aliphatic rings. The van der Waals surface area contributed by atoms with Crippen molar-refractivity contribution in [1.29, 1.82) is 0 Å². The highest BCUT2D eigenvalue weighted by Gasteiger charge is 2.21. The van der Waals surface area contributed by atoms with E-state index < -0.39 is 0 Å². The van der Waals surface area contributed by atoms with Crippen molar-refractivity contribution in [2.45, 2.75) is 19.4 Å². The lowest BCUT2D eigenvalue weighted by Gasteiger charge is -2.07. The minimum Gasteiger partial charge on any atom is -0.399 e. The molecule has 1 saturated carbocycles. The molecular formula is C14H16N4O2. The Hall–Kier alpha value is -2.37. The number of carbonyl (C=O) groups excluding carboxylic acids is 1. The van der Waals surface area contributed by atoms with Crippen LogP contribution in [0.3, 0.4) is 0 Å². The number of aromatic nitrogens is 2. The molecule has 6 nitrogen and oxygen atoms in total. The summed E-state index contributed by atoms with van der Waals surface area (Å²) in [6.45, 7) is 0.685. The van der Waals surface area contributed by atoms with Crippen molar-refractivity contribution < 1.29 is 4.79 Å². The molecule has 0 radical (unpaired) electrons. The molecule has 0 unspecified atom stereocenters. The topological polar surface area (TPSA) is 90.0 Å². The molecule has 1 amide bonds. The van der Waals surface area contributed by atoms with E-state index in [4.69, 9.17) is 5.73 Å². The maximum atomic E-state index is 12.3. The van der Waals surface area contributed by atoms with E-state index in [2.05, 4.69) is 10.3 Å². The van der Waals surface area contributed by atoms with Gasteiger partial charge in [0.05, 0.1) is 17.2 Å². The second kappa shape index (κ2) is 4.96. The monoisotopic (exact) mass is 272 g/mol. The maximum absolute atomic E-state index is 12.3. The van der Waals surface area contributed by atoms with E-state index >= 15 is 0 Å². The number of benzene rings is 1. The Labute approximate surface area is 115 Å². The van der Waals surface area contributed by atoms with E-state index in [-0.39, 0.29) is 18.0 Å². The lowest BCUT2D eigenvalue weighted by molar-refractivity contribution is -0.121. The lowest BCUT2D eigenvalue weighted by atomic mass is 10.2. The van der Waals surface area contributed by atoms with Crippen molar-refractivity contribution in [2.24, 2.45) is 5.92 Å². The standard InChI is InChI=1S/C14H16N4O2/c15-10-3-4-12-11(5-10)14(20)18(8-17-12)7-13(19)16-6-9-1-2-9/h3-5,8-9H,1-2,6-7,15H2,(H,16,19). The van der Waals surface area contributed by atoms with Gasteiger partial charge in [0.15, 0.2) is 0 Å². The summed E-state index contributed by atoms with van der Waals surface area (Å²) in [5.74, 6) is 0.453. The largest absolute Gasteiger partial charge is 0.399 e. The van der Waals surface area contributed by atoms with E-state index in [0.29, 0.717) is 29.1 Å². The molecule has 1 aliphatic carbocycles. The maximum Gasteiger partial charge on any atom is 0.261 e. The average molecular weight is 272 g/mol. The van der Waals surface area contributed by atoms with Gasteiger partial charge in [0.25, 0.3) is 5.56 Å². The zero-order valence-electron chi connectivity index (χ0n) is 11.0. The van der Waals surface area contributed by atoms with Crippen LogP contribution in [0.15, 0.2) is 29.3 Å². The predicted molar refractivity (Wildman–Crippen MR) is 76.1 cm³/mol. The molecule has 0 aliphatic heterocycles. The smallest absolute Gasteiger partial charge is 0.261 e. The number of anilines is 1. The molecule has 0 spiro atoms. The van der Waals surface area contributed by atoms with Crippen LogP contribution >= 0.6 is 0 Å². The van der Waals surface area contributed by atoms with Crippen molar-refractivity contribution in [3.8, 4) is 0 Å². The summed E-state index contributed by atoms with van der Waals surface area (Å²) in [6, 6.07) is 4.98. The molecule has 0 atom stereocenters. The molecule has 104 valence electrons. The summed E-state index contributed by atoms with van der Waals surface area (Å²) in [5, 5.41) is 3.26. The van der Waals surface area contributed by atoms with Crippen LogP contribution in [0.5, 0.6) is 0 Å². The zero-order valence-corrected chi connectivity index (χ0v) is 11.0. The number of fused-ring (bicyclic) bond motifs is 1. The first-order chi connectivity index (χ1) is 9.63. The number of rotatable bonds is 4. The van der Waals surface area contributed by atoms with E-state index in [1.54, 1.807) is 18.2 Å². The van der Waals surface area contributed by atoms with E-state index in [1.807, 2.05) is 0 Å². The van der Waals surface area contributed by atoms with Gasteiger partial charge in [-0.15, -0.1) is 0 Å². The molecular weight excluding hydrogens is 256 g/mol. The van der Waals surface area contributed by atoms with Gasteiger partial charge in [-0.05, 0) is 37.0 Å². The van der Waals surface area contributed by atoms with Crippen molar-refractivity contribution in [3.05, 3.63) is 34.9 Å². The third-order valence-corrected chi connectivity index (χ3v) is 3.45. The highest BCUT2D eigenvalue weighted by molar-refractivity contribution is 5.81. The third-order valence-electron chi connectivity index (χ3n) is 3.45. The van der Waals surface area contributed by atoms with Gasteiger partial charge in [-0.3, -0.25) is 14.2 Å². The number of carbonyl (C=O) groups is 1. The Bertz CT molecular complexity index is 719. The molecule has 0 saturated heterocycles. The van der Waals surface area contributed by atoms with Gasteiger partial charge in [0, 0.05) is 12.2 Å². The summed E-state index contributed by atoms with van der Waals surface area (Å²) in [4.78, 5) is 28.2. The van der Waals surface area contributed by atoms with Gasteiger partial charge in [0.2, 0.25) is 5.91 Å². The molecule has 1 fully saturated rings. The molecule has 20 heavy (non-hydrogen) atoms. The molecule has 1 heterocycles. The summed E-state index contributed by atoms with van der Waals surface area (Å²) < 4.78 is 1.31. The van der Waals surface area contributed by atoms with Gasteiger partial charge >= 0.3 is 0 Å². The molecule has 0 bridgehead atoms. The van der Waals surface area contributed by atoms with Gasteiger partial charge in [0.1, 0.15) is 6.54 Å². The molecule has 1 aromatic carbocycles. The van der Waals surface area contributed by atoms with Crippen LogP contribution in [-0.4, -0.2) is 22.0 Å². The Morgan fingerprint density at radius 3 is 3.00 bits per heavy atom. The number of hydrogen-bond acceptors (Lipinski definition) is 4. The second-order valence-corrected chi connectivity index (χ2v) is 5.20. The van der Waals surface area contributed by atoms with Gasteiger partial charge < -0.3 is 11.1 Å². The lowest BCUT2D eigenvalue weighted by Crippen LogP contribution is -2.33. The van der Waals surface area contributed by atoms with E-state index in [9.17, 15) is 9.59 Å². The van der Waals surface area contributed by atoms with Crippen molar-refractivity contribution in [1.82, 2.24) is 14.9 Å². The van der Waals surface area contributed by atoms with Crippen LogP contribution in [0.4, 0.5) is 5.69 Å². The number of nitrogen functional groups attached to an aromatic ring is 1. The fourth-order valence-corrected chi connectivity index (χ4v) is 2.08. The number of nitrogens with one attached hydrogen (secondary N) is 1. The Balaban J connectivity index is 1.82. The van der Waals surface area contributed by atoms with Crippen LogP contribution in [0.25, 0.3) is 10.9 Å². The van der Waals surface area contributed by atoms with Gasteiger partial charge in [-0.25, -0.2) is 4.98 Å². The first kappa shape index (κ1) is 12.7. The van der Waals surface area contributed by atoms with E-state index in [0.717, 1.165) is 0 Å². The Morgan fingerprint density at radius 2 is 2.25 bits per heavy atom. The number of hydrogen-bond donors (Lipinski definition) is 2. The van der Waals surface area contributed by atoms with Crippen LogP contribution in [0.1, 0.15) is 12.8 Å². The SMILES string of the molecule is Nc1ccc2ncn(CC(=O)NCC3CC3)c(=O)c2c1. The van der Waals surface area contributed by atoms with Crippen molar-refractivity contribution >= 4 is 22.5 Å². The average Bonchev–Trinajstić information content (AvgIpc) is 3.24. The predicted octanol–water partition coefficient (Wildman–Crippen LogP) is 0.505. The minimum atomic E-state index is -0.246. The Morgan fingerprint density at radius 1 is 1.45 bits per heavy atom. The third kappa shape index (κ3) is 2.64. The first-order valence-corrected chi connectivity index (χ1v) is 6.65. The fraction of sp³-hybridized carbons (Fsp3) is 0.357. The summed E-state index contributed by atoms with van der Waals surface area (Å²) in [7, 11) is 0. The molecule has 6 heteroatoms. The highest BCUT2D eigenvalue weighted by atomic mass is 16.2. The van der Waals surface area contributed by atoms with Crippen LogP contribution in [0, 0.1) is 5.92 Å². The summed E-state index contributed by atoms with van der Waals surface area (Å²) in [6.07, 6.45) is 3.76. The van der Waals surface area contributed by atoms with Crippen LogP contribution in [-0.2, 0) is 11.3 Å². The normalized spacial score (nSPS) is 14.4. The van der Waals surface area contributed by atoms with E-state index in [1.165, 1.54) is 23.7 Å². The van der Waals surface area contributed by atoms with Crippen molar-refractivity contribution in [3.63, 3.8) is 0 Å². The minimum absolute atomic E-state index is 0.0106. The van der Waals surface area contributed by atoms with Gasteiger partial charge in [-0.1, -0.05) is 0 Å². The van der Waals surface area contributed by atoms with Crippen molar-refractivity contribution in [2.75, 3.05) is 12.3 Å². The molecule has 3 N–H and O–H groups in total. The van der Waals surface area contributed by atoms with Gasteiger partial charge in [-0.2, -0.15) is 0 Å². The number of amides is 1. The second-order valence-electron chi connectivity index (χ2n) is 5.20. The highest BCUT2D eigenvalue weighted by Crippen LogP contribution is 2.27. The number of nitrogens with two attached hydrogens (primary N) is 1. The molecule has 3 rings (SSSR count). The first-order valence-electron chi connectivity index (χ1n) is 6.65. The Kier molecular flexibility index (Phi) is 3.14. The summed E-state index contributed by atoms with van der Waals surface area (Å²) >= 11 is 0. The quantitative estimate of drug-likeness (QED) is 0.793. The van der Waals surface area contributed by atoms with Crippen LogP contribution < -0.4 is 16.6 Å². The molecule has 1 aromatic heterocycles.